The maximum Gasteiger partial charge on any atom is 0.407 e. The Bertz CT molecular complexity index is 1170. The van der Waals surface area contributed by atoms with E-state index >= 15 is 0 Å². The molecule has 41 heavy (non-hydrogen) atoms. The summed E-state index contributed by atoms with van der Waals surface area (Å²) in [6, 6.07) is 6.45. The number of carbonyl (C=O) groups excluding carboxylic acids is 2. The van der Waals surface area contributed by atoms with Crippen molar-refractivity contribution in [2.45, 2.75) is 72.1 Å². The molecule has 1 aliphatic rings. The topological polar surface area (TPSA) is 108 Å². The second-order valence-electron chi connectivity index (χ2n) is 10.3. The molecule has 3 rings (SSSR count). The van der Waals surface area contributed by atoms with Gasteiger partial charge in [0.2, 0.25) is 11.9 Å². The number of piperidine rings is 1. The van der Waals surface area contributed by atoms with Crippen LogP contribution in [0.15, 0.2) is 24.3 Å². The number of benzene rings is 1. The molecule has 1 aromatic carbocycles. The molecule has 1 aliphatic heterocycles. The molecule has 2 heterocycles. The predicted octanol–water partition coefficient (Wildman–Crippen LogP) is 6.64. The minimum Gasteiger partial charge on any atom is -0.444 e. The molecule has 4 N–H and O–H groups in total. The van der Waals surface area contributed by atoms with E-state index in [1.807, 2.05) is 18.7 Å². The zero-order valence-electron chi connectivity index (χ0n) is 24.4. The molecule has 13 heteroatoms. The molecule has 2 amide bonds. The molecular weight excluding hydrogens is 590 g/mol. The molecule has 2 atom stereocenters. The number of ether oxygens (including phenoxy) is 1. The van der Waals surface area contributed by atoms with Crippen LogP contribution in [0.5, 0.6) is 0 Å². The predicted molar refractivity (Wildman–Crippen MR) is 170 cm³/mol. The van der Waals surface area contributed by atoms with Crippen molar-refractivity contribution < 1.29 is 18.7 Å². The van der Waals surface area contributed by atoms with Crippen LogP contribution in [-0.2, 0) is 9.53 Å². The Balaban J connectivity index is 0.00000287. The number of nitrogens with one attached hydrogen (secondary N) is 4. The standard InChI is InChI=1S/C26H35Cl2FN6O3S.C2H6/c1-15(36)31-16-6-8-17(9-7-16)32-24-21(28)22(20(27)23(29)34-24)35-13-18(30-10-5-11-39)12-19(14-35)33-25(37)38-26(2,3)4;1-2/h6-9,18-19,30,39H,5,10-14H2,1-4H3,(H,31,36)(H,32,34)(H,33,37);1-2H3. The van der Waals surface area contributed by atoms with Gasteiger partial charge in [0.1, 0.15) is 15.6 Å². The van der Waals surface area contributed by atoms with Crippen LogP contribution in [0.1, 0.15) is 54.4 Å². The van der Waals surface area contributed by atoms with Crippen LogP contribution in [-0.4, -0.2) is 60.1 Å². The minimum absolute atomic E-state index is 0.0420. The van der Waals surface area contributed by atoms with Gasteiger partial charge in [0.15, 0.2) is 5.82 Å². The lowest BCUT2D eigenvalue weighted by Gasteiger charge is -2.40. The molecule has 1 fully saturated rings. The van der Waals surface area contributed by atoms with E-state index in [0.717, 1.165) is 18.7 Å². The van der Waals surface area contributed by atoms with Crippen molar-refractivity contribution in [2.24, 2.45) is 0 Å². The first-order valence-corrected chi connectivity index (χ1v) is 15.0. The van der Waals surface area contributed by atoms with Crippen molar-refractivity contribution in [3.63, 3.8) is 0 Å². The van der Waals surface area contributed by atoms with Gasteiger partial charge >= 0.3 is 6.09 Å². The maximum atomic E-state index is 15.0. The molecule has 1 saturated heterocycles. The van der Waals surface area contributed by atoms with E-state index in [-0.39, 0.29) is 39.5 Å². The molecule has 228 valence electrons. The van der Waals surface area contributed by atoms with Gasteiger partial charge in [0.05, 0.1) is 11.7 Å². The molecule has 9 nitrogen and oxygen atoms in total. The Labute approximate surface area is 257 Å². The zero-order valence-corrected chi connectivity index (χ0v) is 26.8. The Morgan fingerprint density at radius 2 is 1.71 bits per heavy atom. The van der Waals surface area contributed by atoms with E-state index in [0.29, 0.717) is 30.9 Å². The van der Waals surface area contributed by atoms with E-state index in [2.05, 4.69) is 38.9 Å². The number of hydrogen-bond donors (Lipinski definition) is 5. The van der Waals surface area contributed by atoms with Crippen molar-refractivity contribution in [3.8, 4) is 0 Å². The molecule has 0 aliphatic carbocycles. The largest absolute Gasteiger partial charge is 0.444 e. The number of amides is 2. The van der Waals surface area contributed by atoms with Crippen LogP contribution in [0.25, 0.3) is 0 Å². The van der Waals surface area contributed by atoms with E-state index in [9.17, 15) is 14.0 Å². The number of halogens is 3. The normalized spacial score (nSPS) is 16.8. The summed E-state index contributed by atoms with van der Waals surface area (Å²) in [7, 11) is 0. The van der Waals surface area contributed by atoms with Crippen molar-refractivity contribution in [3.05, 3.63) is 40.3 Å². The second kappa shape index (κ2) is 16.2. The summed E-state index contributed by atoms with van der Waals surface area (Å²) < 4.78 is 20.4. The lowest BCUT2D eigenvalue weighted by atomic mass is 10.00. The van der Waals surface area contributed by atoms with Gasteiger partial charge in [-0.1, -0.05) is 37.0 Å². The van der Waals surface area contributed by atoms with E-state index in [1.165, 1.54) is 6.92 Å². The molecule has 1 aromatic heterocycles. The third-order valence-corrected chi connectivity index (χ3v) is 6.75. The molecule has 2 aromatic rings. The molecule has 0 spiro atoms. The van der Waals surface area contributed by atoms with Crippen molar-refractivity contribution in [1.82, 2.24) is 15.6 Å². The Hall–Kier alpha value is -2.47. The number of aromatic nitrogens is 1. The van der Waals surface area contributed by atoms with Gasteiger partial charge < -0.3 is 30.9 Å². The Kier molecular flexibility index (Phi) is 13.8. The molecule has 0 radical (unpaired) electrons. The van der Waals surface area contributed by atoms with Crippen LogP contribution < -0.4 is 26.2 Å². The summed E-state index contributed by atoms with van der Waals surface area (Å²) in [5.41, 5.74) is 0.827. The van der Waals surface area contributed by atoms with E-state index in [1.54, 1.807) is 45.0 Å². The fourth-order valence-electron chi connectivity index (χ4n) is 4.23. The summed E-state index contributed by atoms with van der Waals surface area (Å²) >= 11 is 17.5. The fraction of sp³-hybridized carbons (Fsp3) is 0.536. The number of hydrogen-bond acceptors (Lipinski definition) is 8. The molecule has 2 unspecified atom stereocenters. The number of anilines is 4. The summed E-state index contributed by atoms with van der Waals surface area (Å²) in [4.78, 5) is 29.6. The third-order valence-electron chi connectivity index (χ3n) is 5.74. The summed E-state index contributed by atoms with van der Waals surface area (Å²) in [6.07, 6.45) is 0.965. The van der Waals surface area contributed by atoms with Gasteiger partial charge in [0, 0.05) is 37.4 Å². The number of thiol groups is 1. The zero-order chi connectivity index (χ0) is 30.7. The molecule has 0 saturated carbocycles. The first-order chi connectivity index (χ1) is 19.4. The highest BCUT2D eigenvalue weighted by molar-refractivity contribution is 7.80. The van der Waals surface area contributed by atoms with Crippen molar-refractivity contribution >= 4 is 70.7 Å². The fourth-order valence-corrected chi connectivity index (χ4v) is 5.00. The highest BCUT2D eigenvalue weighted by Crippen LogP contribution is 2.41. The molecule has 0 bridgehead atoms. The van der Waals surface area contributed by atoms with Gasteiger partial charge in [-0.05, 0) is 70.2 Å². The summed E-state index contributed by atoms with van der Waals surface area (Å²) in [6.45, 7) is 12.3. The van der Waals surface area contributed by atoms with Crippen LogP contribution in [0.2, 0.25) is 10.0 Å². The van der Waals surface area contributed by atoms with Crippen LogP contribution >= 0.6 is 35.8 Å². The van der Waals surface area contributed by atoms with Crippen molar-refractivity contribution in [1.29, 1.82) is 0 Å². The number of pyridine rings is 1. The highest BCUT2D eigenvalue weighted by Gasteiger charge is 2.33. The smallest absolute Gasteiger partial charge is 0.407 e. The SMILES string of the molecule is CC.CC(=O)Nc1ccc(Nc2nc(F)c(Cl)c(N3CC(NCCCS)CC(NC(=O)OC(C)(C)C)C3)c2Cl)cc1. The molecular formula is C28H41Cl2FN6O3S. The summed E-state index contributed by atoms with van der Waals surface area (Å²) in [5, 5.41) is 12.0. The Morgan fingerprint density at radius 3 is 2.29 bits per heavy atom. The quantitative estimate of drug-likeness (QED) is 0.120. The lowest BCUT2D eigenvalue weighted by molar-refractivity contribution is -0.114. The second-order valence-corrected chi connectivity index (χ2v) is 11.5. The number of rotatable bonds is 9. The van der Waals surface area contributed by atoms with Crippen LogP contribution in [0.4, 0.5) is 32.1 Å². The number of alkyl carbamates (subject to hydrolysis) is 1. The number of nitrogens with zero attached hydrogens (tertiary/aromatic N) is 2. The van der Waals surface area contributed by atoms with Crippen LogP contribution in [0.3, 0.4) is 0 Å². The first-order valence-electron chi connectivity index (χ1n) is 13.6. The Morgan fingerprint density at radius 1 is 1.10 bits per heavy atom. The average molecular weight is 632 g/mol. The maximum absolute atomic E-state index is 15.0. The van der Waals surface area contributed by atoms with Gasteiger partial charge in [-0.15, -0.1) is 0 Å². The van der Waals surface area contributed by atoms with Gasteiger partial charge in [-0.3, -0.25) is 4.79 Å². The van der Waals surface area contributed by atoms with Gasteiger partial charge in [-0.2, -0.15) is 22.0 Å². The lowest BCUT2D eigenvalue weighted by Crippen LogP contribution is -2.57. The third kappa shape index (κ3) is 11.0. The average Bonchev–Trinajstić information content (AvgIpc) is 2.88. The number of carbonyl (C=O) groups is 2. The van der Waals surface area contributed by atoms with E-state index in [4.69, 9.17) is 27.9 Å². The van der Waals surface area contributed by atoms with E-state index < -0.39 is 17.6 Å². The van der Waals surface area contributed by atoms with Gasteiger partial charge in [0.25, 0.3) is 0 Å². The minimum atomic E-state index is -0.879. The summed E-state index contributed by atoms with van der Waals surface area (Å²) in [5.74, 6) is -0.251. The van der Waals surface area contributed by atoms with Gasteiger partial charge in [-0.25, -0.2) is 4.79 Å². The first kappa shape index (κ1) is 34.7. The van der Waals surface area contributed by atoms with Crippen LogP contribution in [0, 0.1) is 5.95 Å². The monoisotopic (exact) mass is 630 g/mol. The van der Waals surface area contributed by atoms with Crippen molar-refractivity contribution in [2.75, 3.05) is 40.9 Å². The highest BCUT2D eigenvalue weighted by atomic mass is 35.5.